The Balaban J connectivity index is 1.57. The van der Waals surface area contributed by atoms with Gasteiger partial charge in [-0.05, 0) is 58.7 Å². The summed E-state index contributed by atoms with van der Waals surface area (Å²) in [6, 6.07) is 4.61. The summed E-state index contributed by atoms with van der Waals surface area (Å²) < 4.78 is 5.90. The van der Waals surface area contributed by atoms with Crippen molar-refractivity contribution < 1.29 is 14.6 Å². The zero-order valence-corrected chi connectivity index (χ0v) is 15.6. The average Bonchev–Trinajstić information content (AvgIpc) is 2.89. The van der Waals surface area contributed by atoms with E-state index in [1.165, 1.54) is 12.8 Å². The van der Waals surface area contributed by atoms with E-state index in [2.05, 4.69) is 17.3 Å². The lowest BCUT2D eigenvalue weighted by molar-refractivity contribution is 0.000260. The Labute approximate surface area is 153 Å². The number of nitrogens with zero attached hydrogens (tertiary/aromatic N) is 1. The van der Waals surface area contributed by atoms with Crippen molar-refractivity contribution in [2.45, 2.75) is 69.4 Å². The van der Waals surface area contributed by atoms with Crippen LogP contribution in [0.25, 0.3) is 0 Å². The van der Waals surface area contributed by atoms with Gasteiger partial charge in [-0.25, -0.2) is 0 Å². The molecule has 0 radical (unpaired) electrons. The molecule has 2 N–H and O–H groups in total. The van der Waals surface area contributed by atoms with Crippen molar-refractivity contribution in [3.05, 3.63) is 28.3 Å². The van der Waals surface area contributed by atoms with Gasteiger partial charge in [0.25, 0.3) is 5.91 Å². The maximum absolute atomic E-state index is 12.9. The SMILES string of the molecule is CN1C2CCC1CC(NC(=O)c1cc(Cl)cc3c1OC(C)(C)C3O)C2. The van der Waals surface area contributed by atoms with Gasteiger partial charge >= 0.3 is 0 Å². The van der Waals surface area contributed by atoms with Crippen molar-refractivity contribution in [3.63, 3.8) is 0 Å². The number of hydrogen-bond donors (Lipinski definition) is 2. The van der Waals surface area contributed by atoms with Crippen molar-refractivity contribution in [2.75, 3.05) is 7.05 Å². The monoisotopic (exact) mass is 364 g/mol. The highest BCUT2D eigenvalue weighted by molar-refractivity contribution is 6.31. The van der Waals surface area contributed by atoms with Gasteiger partial charge in [-0.1, -0.05) is 11.6 Å². The van der Waals surface area contributed by atoms with Gasteiger partial charge < -0.3 is 20.1 Å². The Morgan fingerprint density at radius 3 is 2.60 bits per heavy atom. The lowest BCUT2D eigenvalue weighted by atomic mass is 9.95. The minimum absolute atomic E-state index is 0.169. The Bertz CT molecular complexity index is 707. The molecule has 0 aliphatic carbocycles. The zero-order valence-electron chi connectivity index (χ0n) is 14.9. The standard InChI is InChI=1S/C19H25ClN2O3/c1-19(2)17(23)14-6-10(20)7-15(16(14)25-19)18(24)21-11-8-12-4-5-13(9-11)22(12)3/h6-7,11-13,17,23H,4-5,8-9H2,1-3H3,(H,21,24). The molecule has 25 heavy (non-hydrogen) atoms. The zero-order chi connectivity index (χ0) is 17.9. The van der Waals surface area contributed by atoms with Crippen molar-refractivity contribution >= 4 is 17.5 Å². The molecular formula is C19H25ClN2O3. The molecule has 2 bridgehead atoms. The second-order valence-corrected chi connectivity index (χ2v) is 8.61. The molecule has 5 nitrogen and oxygen atoms in total. The van der Waals surface area contributed by atoms with Crippen LogP contribution in [0.4, 0.5) is 0 Å². The summed E-state index contributed by atoms with van der Waals surface area (Å²) in [6.45, 7) is 3.61. The highest BCUT2D eigenvalue weighted by Crippen LogP contribution is 2.46. The van der Waals surface area contributed by atoms with Crippen LogP contribution in [0.5, 0.6) is 5.75 Å². The van der Waals surface area contributed by atoms with Gasteiger partial charge in [0.05, 0.1) is 5.56 Å². The van der Waals surface area contributed by atoms with E-state index in [-0.39, 0.29) is 11.9 Å². The molecule has 2 saturated heterocycles. The molecule has 0 aromatic heterocycles. The molecule has 3 aliphatic heterocycles. The van der Waals surface area contributed by atoms with Crippen LogP contribution < -0.4 is 10.1 Å². The first-order chi connectivity index (χ1) is 11.8. The fourth-order valence-electron chi connectivity index (χ4n) is 4.59. The van der Waals surface area contributed by atoms with Gasteiger partial charge in [0.1, 0.15) is 17.5 Å². The molecule has 136 valence electrons. The first kappa shape index (κ1) is 17.1. The number of benzene rings is 1. The third-order valence-electron chi connectivity index (χ3n) is 6.08. The summed E-state index contributed by atoms with van der Waals surface area (Å²) in [5, 5.41) is 14.1. The topological polar surface area (TPSA) is 61.8 Å². The van der Waals surface area contributed by atoms with E-state index in [4.69, 9.17) is 16.3 Å². The number of nitrogens with one attached hydrogen (secondary N) is 1. The Kier molecular flexibility index (Phi) is 4.02. The van der Waals surface area contributed by atoms with Crippen LogP contribution in [0.15, 0.2) is 12.1 Å². The van der Waals surface area contributed by atoms with E-state index in [1.807, 2.05) is 13.8 Å². The number of carbonyl (C=O) groups excluding carboxylic acids is 1. The number of piperidine rings is 1. The number of rotatable bonds is 2. The van der Waals surface area contributed by atoms with Crippen LogP contribution in [0.3, 0.4) is 0 Å². The van der Waals surface area contributed by atoms with Crippen LogP contribution in [-0.2, 0) is 0 Å². The summed E-state index contributed by atoms with van der Waals surface area (Å²) >= 11 is 6.20. The predicted molar refractivity (Wildman–Crippen MR) is 96.2 cm³/mol. The van der Waals surface area contributed by atoms with Gasteiger partial charge in [0, 0.05) is 28.7 Å². The number of amides is 1. The first-order valence-electron chi connectivity index (χ1n) is 8.99. The highest BCUT2D eigenvalue weighted by Gasteiger charge is 2.43. The second-order valence-electron chi connectivity index (χ2n) is 8.17. The number of fused-ring (bicyclic) bond motifs is 3. The normalized spacial score (nSPS) is 33.0. The molecule has 1 amide bonds. The highest BCUT2D eigenvalue weighted by atomic mass is 35.5. The molecule has 3 aliphatic rings. The van der Waals surface area contributed by atoms with Gasteiger partial charge in [-0.3, -0.25) is 4.79 Å². The molecule has 0 spiro atoms. The quantitative estimate of drug-likeness (QED) is 0.847. The fraction of sp³-hybridized carbons (Fsp3) is 0.632. The summed E-state index contributed by atoms with van der Waals surface area (Å²) in [5.74, 6) is 0.285. The van der Waals surface area contributed by atoms with E-state index < -0.39 is 11.7 Å². The molecule has 1 aromatic carbocycles. The van der Waals surface area contributed by atoms with E-state index >= 15 is 0 Å². The number of aliphatic hydroxyl groups is 1. The molecule has 6 heteroatoms. The first-order valence-corrected chi connectivity index (χ1v) is 9.37. The second kappa shape index (κ2) is 5.86. The van der Waals surface area contributed by atoms with E-state index in [0.717, 1.165) is 12.8 Å². The number of hydrogen-bond acceptors (Lipinski definition) is 4. The number of ether oxygens (including phenoxy) is 1. The smallest absolute Gasteiger partial charge is 0.255 e. The fourth-order valence-corrected chi connectivity index (χ4v) is 4.81. The molecule has 0 saturated carbocycles. The minimum Gasteiger partial charge on any atom is -0.484 e. The van der Waals surface area contributed by atoms with Crippen LogP contribution in [0, 0.1) is 0 Å². The Morgan fingerprint density at radius 2 is 1.96 bits per heavy atom. The maximum atomic E-state index is 12.9. The Morgan fingerprint density at radius 1 is 1.32 bits per heavy atom. The summed E-state index contributed by atoms with van der Waals surface area (Å²) in [6.07, 6.45) is 3.59. The third-order valence-corrected chi connectivity index (χ3v) is 6.30. The van der Waals surface area contributed by atoms with Crippen molar-refractivity contribution in [1.29, 1.82) is 0 Å². The summed E-state index contributed by atoms with van der Waals surface area (Å²) in [5.41, 5.74) is 0.235. The van der Waals surface area contributed by atoms with E-state index in [1.54, 1.807) is 12.1 Å². The number of aliphatic hydroxyl groups excluding tert-OH is 1. The third kappa shape index (κ3) is 2.82. The van der Waals surface area contributed by atoms with E-state index in [0.29, 0.717) is 34.0 Å². The predicted octanol–water partition coefficient (Wildman–Crippen LogP) is 2.90. The summed E-state index contributed by atoms with van der Waals surface area (Å²) in [4.78, 5) is 15.4. The maximum Gasteiger partial charge on any atom is 0.255 e. The molecular weight excluding hydrogens is 340 g/mol. The molecule has 3 heterocycles. The largest absolute Gasteiger partial charge is 0.484 e. The summed E-state index contributed by atoms with van der Waals surface area (Å²) in [7, 11) is 2.18. The molecule has 2 fully saturated rings. The van der Waals surface area contributed by atoms with Gasteiger partial charge in [0.15, 0.2) is 0 Å². The van der Waals surface area contributed by atoms with Crippen LogP contribution in [-0.4, -0.2) is 46.7 Å². The number of halogens is 1. The van der Waals surface area contributed by atoms with Crippen LogP contribution in [0.1, 0.15) is 61.6 Å². The van der Waals surface area contributed by atoms with Gasteiger partial charge in [-0.15, -0.1) is 0 Å². The van der Waals surface area contributed by atoms with Crippen LogP contribution in [0.2, 0.25) is 5.02 Å². The molecule has 1 aromatic rings. The van der Waals surface area contributed by atoms with Crippen molar-refractivity contribution in [3.8, 4) is 5.75 Å². The molecule has 4 rings (SSSR count). The number of carbonyl (C=O) groups is 1. The Hall–Kier alpha value is -1.30. The molecule has 3 atom stereocenters. The van der Waals surface area contributed by atoms with Gasteiger partial charge in [0.2, 0.25) is 0 Å². The average molecular weight is 365 g/mol. The minimum atomic E-state index is -0.799. The van der Waals surface area contributed by atoms with Crippen molar-refractivity contribution in [1.82, 2.24) is 10.2 Å². The van der Waals surface area contributed by atoms with Gasteiger partial charge in [-0.2, -0.15) is 0 Å². The van der Waals surface area contributed by atoms with Crippen LogP contribution >= 0.6 is 11.6 Å². The lowest BCUT2D eigenvalue weighted by Crippen LogP contribution is -2.48. The van der Waals surface area contributed by atoms with Crippen molar-refractivity contribution in [2.24, 2.45) is 0 Å². The lowest BCUT2D eigenvalue weighted by Gasteiger charge is -2.36. The van der Waals surface area contributed by atoms with E-state index in [9.17, 15) is 9.90 Å². The molecule has 3 unspecified atom stereocenters.